The molecule has 0 aliphatic carbocycles. The first-order valence-corrected chi connectivity index (χ1v) is 10.3. The molecule has 1 unspecified atom stereocenters. The van der Waals surface area contributed by atoms with Gasteiger partial charge in [-0.15, -0.1) is 0 Å². The number of rotatable bonds is 3. The highest BCUT2D eigenvalue weighted by atomic mass is 35.5. The summed E-state index contributed by atoms with van der Waals surface area (Å²) in [5, 5.41) is 12.5. The molecular formula is C21H16Cl2F6N2O2. The van der Waals surface area contributed by atoms with Crippen LogP contribution in [0, 0.1) is 0 Å². The normalized spacial score (nSPS) is 23.2. The van der Waals surface area contributed by atoms with Crippen molar-refractivity contribution in [2.45, 2.75) is 30.0 Å². The molecule has 0 radical (unpaired) electrons. The molecule has 12 heteroatoms. The minimum atomic E-state index is -5.12. The zero-order valence-electron chi connectivity index (χ0n) is 16.9. The fraction of sp³-hybridized carbons (Fsp3) is 0.381. The molecule has 0 aromatic heterocycles. The molecule has 4 nitrogen and oxygen atoms in total. The third-order valence-electron chi connectivity index (χ3n) is 5.80. The van der Waals surface area contributed by atoms with E-state index in [-0.39, 0.29) is 17.3 Å². The van der Waals surface area contributed by atoms with E-state index in [9.17, 15) is 31.4 Å². The van der Waals surface area contributed by atoms with E-state index < -0.39 is 51.1 Å². The Morgan fingerprint density at radius 2 is 1.61 bits per heavy atom. The number of halogens is 8. The first-order chi connectivity index (χ1) is 15.2. The molecule has 1 N–H and O–H groups in total. The molecule has 0 saturated carbocycles. The van der Waals surface area contributed by atoms with Crippen LogP contribution in [0.4, 0.5) is 26.3 Å². The summed E-state index contributed by atoms with van der Waals surface area (Å²) in [5.41, 5.74) is -5.84. The fourth-order valence-electron chi connectivity index (χ4n) is 4.09. The number of benzene rings is 2. The van der Waals surface area contributed by atoms with Crippen molar-refractivity contribution < 1.29 is 36.3 Å². The van der Waals surface area contributed by atoms with E-state index >= 15 is 0 Å². The van der Waals surface area contributed by atoms with Crippen LogP contribution in [0.5, 0.6) is 0 Å². The molecule has 2 aromatic rings. The lowest BCUT2D eigenvalue weighted by Gasteiger charge is -2.44. The third-order valence-corrected chi connectivity index (χ3v) is 6.61. The number of likely N-dealkylation sites (N-methyl/N-ethyl adjacent to an activating group) is 1. The molecule has 1 atom stereocenters. The van der Waals surface area contributed by atoms with Gasteiger partial charge in [0.1, 0.15) is 5.60 Å². The molecule has 0 bridgehead atoms. The average molecular weight is 513 g/mol. The Hall–Kier alpha value is -2.01. The summed E-state index contributed by atoms with van der Waals surface area (Å²) in [6.45, 7) is 0.818. The van der Waals surface area contributed by atoms with Crippen LogP contribution in [-0.2, 0) is 22.2 Å². The summed E-state index contributed by atoms with van der Waals surface area (Å²) in [6, 6.07) is 7.09. The fourth-order valence-corrected chi connectivity index (χ4v) is 4.52. The third kappa shape index (κ3) is 4.07. The number of oxime groups is 1. The second kappa shape index (κ2) is 7.76. The van der Waals surface area contributed by atoms with Crippen molar-refractivity contribution in [3.8, 4) is 0 Å². The maximum absolute atomic E-state index is 14.2. The zero-order chi connectivity index (χ0) is 24.4. The van der Waals surface area contributed by atoms with Crippen molar-refractivity contribution >= 4 is 28.9 Å². The van der Waals surface area contributed by atoms with E-state index in [1.807, 2.05) is 11.9 Å². The van der Waals surface area contributed by atoms with Crippen molar-refractivity contribution in [1.82, 2.24) is 4.90 Å². The van der Waals surface area contributed by atoms with Crippen molar-refractivity contribution in [1.29, 1.82) is 0 Å². The van der Waals surface area contributed by atoms with Gasteiger partial charge in [0, 0.05) is 25.1 Å². The number of hydrogen-bond donors (Lipinski definition) is 1. The maximum atomic E-state index is 14.2. The van der Waals surface area contributed by atoms with Crippen LogP contribution < -0.4 is 0 Å². The van der Waals surface area contributed by atoms with E-state index in [2.05, 4.69) is 5.16 Å². The van der Waals surface area contributed by atoms with Gasteiger partial charge in [0.05, 0.1) is 21.3 Å². The number of nitrogens with zero attached hydrogens (tertiary/aromatic N) is 2. The minimum Gasteiger partial charge on any atom is -0.382 e. The summed E-state index contributed by atoms with van der Waals surface area (Å²) in [4.78, 5) is 6.70. The van der Waals surface area contributed by atoms with Crippen LogP contribution in [-0.4, -0.2) is 42.0 Å². The van der Waals surface area contributed by atoms with Crippen molar-refractivity contribution in [3.63, 3.8) is 0 Å². The molecule has 0 amide bonds. The number of likely N-dealkylation sites (tertiary alicyclic amines) is 1. The van der Waals surface area contributed by atoms with Gasteiger partial charge in [0.25, 0.3) is 5.60 Å². The lowest BCUT2D eigenvalue weighted by atomic mass is 9.84. The predicted molar refractivity (Wildman–Crippen MR) is 109 cm³/mol. The molecule has 2 aliphatic rings. The molecule has 1 fully saturated rings. The SMILES string of the molecule is CN1CC(O)(c2ccc(C3=NOC(c4cc(Cl)c(Cl)c(C(F)(F)F)c4)(C(F)(F)F)C3)cc2)C1. The Balaban J connectivity index is 1.69. The molecule has 178 valence electrons. The van der Waals surface area contributed by atoms with Gasteiger partial charge in [-0.25, -0.2) is 0 Å². The highest BCUT2D eigenvalue weighted by Gasteiger charge is 2.63. The lowest BCUT2D eigenvalue weighted by Crippen LogP contribution is -2.57. The number of hydrogen-bond acceptors (Lipinski definition) is 4. The standard InChI is InChI=1S/C21H16Cl2F6N2O2/c1-31-9-18(32,10-31)12-4-2-11(3-5-12)16-8-19(33-30-16,21(27,28)29)13-6-14(20(24,25)26)17(23)15(22)7-13/h2-7,32H,8-10H2,1H3. The molecule has 0 spiro atoms. The van der Waals surface area contributed by atoms with Gasteiger partial charge < -0.3 is 9.94 Å². The largest absolute Gasteiger partial charge is 0.435 e. The van der Waals surface area contributed by atoms with Gasteiger partial charge in [-0.1, -0.05) is 52.6 Å². The molecule has 2 heterocycles. The first-order valence-electron chi connectivity index (χ1n) is 9.57. The topological polar surface area (TPSA) is 45.1 Å². The van der Waals surface area contributed by atoms with Gasteiger partial charge in [0.15, 0.2) is 0 Å². The van der Waals surface area contributed by atoms with E-state index in [0.717, 1.165) is 0 Å². The van der Waals surface area contributed by atoms with Crippen molar-refractivity contribution in [2.75, 3.05) is 20.1 Å². The Kier molecular flexibility index (Phi) is 5.67. The van der Waals surface area contributed by atoms with Crippen molar-refractivity contribution in [2.24, 2.45) is 5.16 Å². The van der Waals surface area contributed by atoms with Crippen LogP contribution in [0.25, 0.3) is 0 Å². The summed E-state index contributed by atoms with van der Waals surface area (Å²) < 4.78 is 82.5. The van der Waals surface area contributed by atoms with Crippen LogP contribution in [0.1, 0.15) is 28.7 Å². The smallest absolute Gasteiger partial charge is 0.382 e. The van der Waals surface area contributed by atoms with Crippen LogP contribution in [0.2, 0.25) is 10.0 Å². The second-order valence-corrected chi connectivity index (χ2v) is 9.01. The minimum absolute atomic E-state index is 0.115. The zero-order valence-corrected chi connectivity index (χ0v) is 18.4. The number of aliphatic hydroxyl groups is 1. The van der Waals surface area contributed by atoms with Gasteiger partial charge >= 0.3 is 12.4 Å². The first kappa shape index (κ1) is 24.1. The highest BCUT2D eigenvalue weighted by Crippen LogP contribution is 2.51. The quantitative estimate of drug-likeness (QED) is 0.534. The van der Waals surface area contributed by atoms with Gasteiger partial charge in [-0.05, 0) is 30.3 Å². The van der Waals surface area contributed by atoms with E-state index in [1.54, 1.807) is 12.1 Å². The molecule has 2 aromatic carbocycles. The Morgan fingerprint density at radius 3 is 2.12 bits per heavy atom. The number of β-amino-alcohol motifs (C(OH)–C–C–N with tert-alkyl or cyclic N) is 1. The number of alkyl halides is 6. The van der Waals surface area contributed by atoms with E-state index in [4.69, 9.17) is 28.0 Å². The highest BCUT2D eigenvalue weighted by molar-refractivity contribution is 6.42. The maximum Gasteiger partial charge on any atom is 0.435 e. The summed E-state index contributed by atoms with van der Waals surface area (Å²) in [5.74, 6) is 0. The molecule has 4 rings (SSSR count). The van der Waals surface area contributed by atoms with Gasteiger partial charge in [-0.2, -0.15) is 26.3 Å². The molecule has 1 saturated heterocycles. The predicted octanol–water partition coefficient (Wildman–Crippen LogP) is 5.73. The summed E-state index contributed by atoms with van der Waals surface area (Å²) >= 11 is 11.3. The van der Waals surface area contributed by atoms with E-state index in [1.165, 1.54) is 12.1 Å². The second-order valence-electron chi connectivity index (χ2n) is 8.23. The van der Waals surface area contributed by atoms with Crippen LogP contribution >= 0.6 is 23.2 Å². The Bertz CT molecular complexity index is 1110. The van der Waals surface area contributed by atoms with Gasteiger partial charge in [0.2, 0.25) is 0 Å². The van der Waals surface area contributed by atoms with E-state index in [0.29, 0.717) is 24.7 Å². The lowest BCUT2D eigenvalue weighted by molar-refractivity contribution is -0.276. The Labute approximate surface area is 194 Å². The molecule has 2 aliphatic heterocycles. The summed E-state index contributed by atoms with van der Waals surface area (Å²) in [7, 11) is 1.83. The average Bonchev–Trinajstić information content (AvgIpc) is 3.15. The molecule has 33 heavy (non-hydrogen) atoms. The van der Waals surface area contributed by atoms with Crippen molar-refractivity contribution in [3.05, 3.63) is 68.7 Å². The van der Waals surface area contributed by atoms with Crippen LogP contribution in [0.15, 0.2) is 41.6 Å². The Morgan fingerprint density at radius 1 is 1.00 bits per heavy atom. The molecular weight excluding hydrogens is 497 g/mol. The van der Waals surface area contributed by atoms with Crippen LogP contribution in [0.3, 0.4) is 0 Å². The summed E-state index contributed by atoms with van der Waals surface area (Å²) in [6.07, 6.45) is -11.0. The monoisotopic (exact) mass is 512 g/mol. The van der Waals surface area contributed by atoms with Gasteiger partial charge in [-0.3, -0.25) is 4.90 Å².